The normalized spacial score (nSPS) is 13.0. The number of nitrogens with two attached hydrogens (primary N) is 1. The monoisotopic (exact) mass is 263 g/mol. The van der Waals surface area contributed by atoms with Crippen LogP contribution in [-0.4, -0.2) is 23.8 Å². The Bertz CT molecular complexity index is 165. The Labute approximate surface area is 108 Å². The maximum absolute atomic E-state index is 10.3. The molecule has 2 N–H and O–H groups in total. The zero-order chi connectivity index (χ0) is 12.2. The number of unbranched alkanes of at least 4 members (excludes halogenated alkanes) is 3. The highest BCUT2D eigenvalue weighted by Crippen LogP contribution is 2.23. The second-order valence-electron chi connectivity index (χ2n) is 4.50. The standard InChI is InChI=1S/C12H25NOS2/c1-11(2)7-5-3-4-6-8-15-16-10-12(13)9-14/h9,11-12H,3-8,10,13H2,1-2H3. The van der Waals surface area contributed by atoms with Gasteiger partial charge in [-0.25, -0.2) is 0 Å². The van der Waals surface area contributed by atoms with Crippen LogP contribution in [0.5, 0.6) is 0 Å². The molecule has 0 bridgehead atoms. The van der Waals surface area contributed by atoms with Gasteiger partial charge >= 0.3 is 0 Å². The largest absolute Gasteiger partial charge is 0.321 e. The van der Waals surface area contributed by atoms with Crippen molar-refractivity contribution in [3.63, 3.8) is 0 Å². The van der Waals surface area contributed by atoms with Crippen molar-refractivity contribution in [2.75, 3.05) is 11.5 Å². The molecule has 0 heterocycles. The molecule has 0 saturated carbocycles. The fraction of sp³-hybridized carbons (Fsp3) is 0.917. The van der Waals surface area contributed by atoms with Gasteiger partial charge in [0.1, 0.15) is 6.29 Å². The number of carbonyl (C=O) groups excluding carboxylic acids is 1. The number of carbonyl (C=O) groups is 1. The Hall–Kier alpha value is 0.330. The molecular weight excluding hydrogens is 238 g/mol. The van der Waals surface area contributed by atoms with E-state index in [-0.39, 0.29) is 6.04 Å². The molecule has 0 saturated heterocycles. The Balaban J connectivity index is 3.01. The van der Waals surface area contributed by atoms with Crippen LogP contribution in [0.4, 0.5) is 0 Å². The molecule has 1 unspecified atom stereocenters. The lowest BCUT2D eigenvalue weighted by Crippen LogP contribution is -2.23. The maximum Gasteiger partial charge on any atom is 0.137 e. The first-order chi connectivity index (χ1) is 7.66. The highest BCUT2D eigenvalue weighted by molar-refractivity contribution is 8.76. The van der Waals surface area contributed by atoms with Crippen LogP contribution in [0.3, 0.4) is 0 Å². The summed E-state index contributed by atoms with van der Waals surface area (Å²) in [4.78, 5) is 10.3. The van der Waals surface area contributed by atoms with Gasteiger partial charge in [0.05, 0.1) is 6.04 Å². The van der Waals surface area contributed by atoms with E-state index in [0.717, 1.165) is 18.0 Å². The zero-order valence-electron chi connectivity index (χ0n) is 10.5. The Morgan fingerprint density at radius 2 is 1.81 bits per heavy atom. The summed E-state index contributed by atoms with van der Waals surface area (Å²) in [5.74, 6) is 2.76. The van der Waals surface area contributed by atoms with Gasteiger partial charge in [-0.1, -0.05) is 61.1 Å². The first-order valence-corrected chi connectivity index (χ1v) is 8.61. The SMILES string of the molecule is CC(C)CCCCCCSSCC(N)C=O. The fourth-order valence-corrected chi connectivity index (χ4v) is 3.53. The Morgan fingerprint density at radius 1 is 1.12 bits per heavy atom. The van der Waals surface area contributed by atoms with Crippen LogP contribution in [-0.2, 0) is 4.79 Å². The summed E-state index contributed by atoms with van der Waals surface area (Å²) in [7, 11) is 3.55. The first kappa shape index (κ1) is 16.3. The molecule has 4 heteroatoms. The highest BCUT2D eigenvalue weighted by Gasteiger charge is 1.99. The van der Waals surface area contributed by atoms with E-state index in [4.69, 9.17) is 5.73 Å². The van der Waals surface area contributed by atoms with E-state index < -0.39 is 0 Å². The molecule has 0 fully saturated rings. The van der Waals surface area contributed by atoms with Gasteiger partial charge in [-0.2, -0.15) is 0 Å². The summed E-state index contributed by atoms with van der Waals surface area (Å²) in [6.45, 7) is 4.56. The minimum absolute atomic E-state index is 0.288. The molecule has 0 aliphatic carbocycles. The van der Waals surface area contributed by atoms with Crippen molar-refractivity contribution >= 4 is 27.9 Å². The minimum Gasteiger partial charge on any atom is -0.321 e. The molecule has 0 aromatic rings. The van der Waals surface area contributed by atoms with E-state index in [1.807, 2.05) is 10.8 Å². The highest BCUT2D eigenvalue weighted by atomic mass is 33.1. The first-order valence-electron chi connectivity index (χ1n) is 6.12. The molecule has 96 valence electrons. The van der Waals surface area contributed by atoms with Gasteiger partial charge in [0.2, 0.25) is 0 Å². The van der Waals surface area contributed by atoms with Gasteiger partial charge in [-0.3, -0.25) is 0 Å². The van der Waals surface area contributed by atoms with E-state index in [1.54, 1.807) is 10.8 Å². The van der Waals surface area contributed by atoms with Crippen LogP contribution in [0, 0.1) is 5.92 Å². The molecule has 1 atom stereocenters. The lowest BCUT2D eigenvalue weighted by molar-refractivity contribution is -0.108. The van der Waals surface area contributed by atoms with Crippen molar-refractivity contribution < 1.29 is 4.79 Å². The summed E-state index contributed by atoms with van der Waals surface area (Å²) in [5, 5.41) is 0. The second kappa shape index (κ2) is 11.8. The van der Waals surface area contributed by atoms with Crippen LogP contribution >= 0.6 is 21.6 Å². The zero-order valence-corrected chi connectivity index (χ0v) is 12.1. The summed E-state index contributed by atoms with van der Waals surface area (Å²) >= 11 is 0. The molecule has 0 aromatic carbocycles. The van der Waals surface area contributed by atoms with E-state index >= 15 is 0 Å². The molecule has 0 aliphatic heterocycles. The Morgan fingerprint density at radius 3 is 2.44 bits per heavy atom. The average Bonchev–Trinajstić information content (AvgIpc) is 2.26. The van der Waals surface area contributed by atoms with Gasteiger partial charge in [-0.15, -0.1) is 0 Å². The quantitative estimate of drug-likeness (QED) is 0.352. The molecule has 0 spiro atoms. The third kappa shape index (κ3) is 12.4. The van der Waals surface area contributed by atoms with Crippen LogP contribution in [0.1, 0.15) is 46.0 Å². The summed E-state index contributed by atoms with van der Waals surface area (Å²) in [6.07, 6.45) is 7.52. The number of aldehydes is 1. The fourth-order valence-electron chi connectivity index (χ4n) is 1.29. The van der Waals surface area contributed by atoms with Crippen molar-refractivity contribution in [1.82, 2.24) is 0 Å². The van der Waals surface area contributed by atoms with Crippen LogP contribution in [0.2, 0.25) is 0 Å². The van der Waals surface area contributed by atoms with E-state index in [1.165, 1.54) is 37.9 Å². The molecule has 0 aromatic heterocycles. The topological polar surface area (TPSA) is 43.1 Å². The van der Waals surface area contributed by atoms with Gasteiger partial charge in [0.15, 0.2) is 0 Å². The van der Waals surface area contributed by atoms with E-state index in [0.29, 0.717) is 0 Å². The second-order valence-corrected chi connectivity index (χ2v) is 7.13. The Kier molecular flexibility index (Phi) is 12.0. The van der Waals surface area contributed by atoms with Crippen LogP contribution in [0.25, 0.3) is 0 Å². The van der Waals surface area contributed by atoms with Gasteiger partial charge in [0.25, 0.3) is 0 Å². The van der Waals surface area contributed by atoms with Crippen LogP contribution in [0.15, 0.2) is 0 Å². The third-order valence-electron chi connectivity index (χ3n) is 2.28. The van der Waals surface area contributed by atoms with Crippen molar-refractivity contribution in [3.05, 3.63) is 0 Å². The van der Waals surface area contributed by atoms with Crippen molar-refractivity contribution in [2.24, 2.45) is 11.7 Å². The molecule has 0 aliphatic rings. The van der Waals surface area contributed by atoms with E-state index in [9.17, 15) is 4.79 Å². The van der Waals surface area contributed by atoms with Gasteiger partial charge in [-0.05, 0) is 12.3 Å². The van der Waals surface area contributed by atoms with Crippen molar-refractivity contribution in [3.8, 4) is 0 Å². The predicted octanol–water partition coefficient (Wildman–Crippen LogP) is 3.50. The lowest BCUT2D eigenvalue weighted by Gasteiger charge is -2.05. The molecule has 2 nitrogen and oxygen atoms in total. The molecule has 0 rings (SSSR count). The van der Waals surface area contributed by atoms with Crippen molar-refractivity contribution in [2.45, 2.75) is 52.0 Å². The predicted molar refractivity (Wildman–Crippen MR) is 76.9 cm³/mol. The van der Waals surface area contributed by atoms with Crippen molar-refractivity contribution in [1.29, 1.82) is 0 Å². The van der Waals surface area contributed by atoms with Gasteiger partial charge in [0, 0.05) is 11.5 Å². The molecule has 16 heavy (non-hydrogen) atoms. The number of hydrogen-bond acceptors (Lipinski definition) is 4. The van der Waals surface area contributed by atoms with Gasteiger partial charge < -0.3 is 10.5 Å². The summed E-state index contributed by atoms with van der Waals surface area (Å²) < 4.78 is 0. The maximum atomic E-state index is 10.3. The molecule has 0 amide bonds. The summed E-state index contributed by atoms with van der Waals surface area (Å²) in [6, 6.07) is -0.288. The number of rotatable bonds is 11. The molecular formula is C12H25NOS2. The lowest BCUT2D eigenvalue weighted by atomic mass is 10.0. The number of hydrogen-bond donors (Lipinski definition) is 1. The molecule has 0 radical (unpaired) electrons. The smallest absolute Gasteiger partial charge is 0.137 e. The minimum atomic E-state index is -0.288. The summed E-state index contributed by atoms with van der Waals surface area (Å²) in [5.41, 5.74) is 5.48. The third-order valence-corrected chi connectivity index (χ3v) is 4.83. The average molecular weight is 263 g/mol. The van der Waals surface area contributed by atoms with Crippen LogP contribution < -0.4 is 5.73 Å². The van der Waals surface area contributed by atoms with E-state index in [2.05, 4.69) is 13.8 Å².